The van der Waals surface area contributed by atoms with E-state index in [1.165, 1.54) is 11.6 Å². The van der Waals surface area contributed by atoms with Gasteiger partial charge in [-0.15, -0.1) is 0 Å². The fraction of sp³-hybridized carbons (Fsp3) is 0.308. The molecule has 5 rings (SSSR count). The van der Waals surface area contributed by atoms with Crippen LogP contribution in [-0.2, 0) is 6.54 Å². The van der Waals surface area contributed by atoms with Gasteiger partial charge in [-0.1, -0.05) is 66.7 Å². The van der Waals surface area contributed by atoms with Crippen molar-refractivity contribution in [1.82, 2.24) is 14.7 Å². The van der Waals surface area contributed by atoms with E-state index in [9.17, 15) is 14.4 Å². The third-order valence-electron chi connectivity index (χ3n) is 8.89. The number of carbonyl (C=O) groups excluding carboxylic acids is 3. The number of nitrogens with zero attached hydrogens (tertiary/aromatic N) is 3. The summed E-state index contributed by atoms with van der Waals surface area (Å²) in [4.78, 5) is 43.9. The summed E-state index contributed by atoms with van der Waals surface area (Å²) in [6, 6.07) is 33.4. The molecule has 7 heteroatoms. The van der Waals surface area contributed by atoms with Gasteiger partial charge < -0.3 is 9.64 Å². The SMILES string of the molecule is CCN(CC)C(=O)c1cccc([C@H](c2ccccc2)N2C[C@@H](C)N(Cc3ccc(OC(=O)c4cccc(C=O)c4)cc3)C[C@@H]2C)c1. The summed E-state index contributed by atoms with van der Waals surface area (Å²) < 4.78 is 5.56. The molecule has 3 atom stereocenters. The van der Waals surface area contributed by atoms with Gasteiger partial charge in [0.2, 0.25) is 0 Å². The van der Waals surface area contributed by atoms with E-state index in [2.05, 4.69) is 60.0 Å². The molecule has 1 fully saturated rings. The van der Waals surface area contributed by atoms with Crippen LogP contribution in [0.25, 0.3) is 0 Å². The van der Waals surface area contributed by atoms with Crippen LogP contribution in [0.15, 0.2) is 103 Å². The Balaban J connectivity index is 1.30. The molecule has 1 amide bonds. The molecule has 0 aliphatic carbocycles. The number of ether oxygens (including phenoxy) is 1. The molecule has 0 aromatic heterocycles. The van der Waals surface area contributed by atoms with Crippen molar-refractivity contribution in [3.63, 3.8) is 0 Å². The van der Waals surface area contributed by atoms with Crippen LogP contribution in [0.4, 0.5) is 0 Å². The molecule has 1 saturated heterocycles. The quantitative estimate of drug-likeness (QED) is 0.104. The highest BCUT2D eigenvalue weighted by Crippen LogP contribution is 2.34. The van der Waals surface area contributed by atoms with Crippen LogP contribution in [0.3, 0.4) is 0 Å². The van der Waals surface area contributed by atoms with Crippen LogP contribution < -0.4 is 4.74 Å². The second-order valence-electron chi connectivity index (χ2n) is 12.0. The van der Waals surface area contributed by atoms with Gasteiger partial charge in [0, 0.05) is 55.9 Å². The number of carbonyl (C=O) groups is 3. The Bertz CT molecular complexity index is 1630. The molecule has 0 bridgehead atoms. The second kappa shape index (κ2) is 15.1. The summed E-state index contributed by atoms with van der Waals surface area (Å²) in [5.74, 6) is 0.0348. The molecule has 1 aliphatic heterocycles. The highest BCUT2D eigenvalue weighted by Gasteiger charge is 2.35. The van der Waals surface area contributed by atoms with E-state index in [1.54, 1.807) is 18.2 Å². The predicted molar refractivity (Wildman–Crippen MR) is 181 cm³/mol. The topological polar surface area (TPSA) is 70.2 Å². The molecule has 0 radical (unpaired) electrons. The first-order valence-corrected chi connectivity index (χ1v) is 16.1. The Morgan fingerprint density at radius 2 is 1.48 bits per heavy atom. The lowest BCUT2D eigenvalue weighted by molar-refractivity contribution is 0.0195. The number of esters is 1. The standard InChI is InChI=1S/C39H43N3O4/c1-5-40(6-2)38(44)34-16-11-15-33(23-34)37(32-13-8-7-9-14-32)42-25-28(3)41(24-29(42)4)26-30-18-20-36(21-19-30)46-39(45)35-17-10-12-31(22-35)27-43/h7-23,27-29,37H,5-6,24-26H2,1-4H3/t28-,29+,37+/m1/s1. The first-order valence-electron chi connectivity index (χ1n) is 16.1. The van der Waals surface area contributed by atoms with Gasteiger partial charge in [-0.25, -0.2) is 4.79 Å². The lowest BCUT2D eigenvalue weighted by Crippen LogP contribution is -2.56. The maximum absolute atomic E-state index is 13.3. The molecule has 238 valence electrons. The average Bonchev–Trinajstić information content (AvgIpc) is 3.09. The number of rotatable bonds is 11. The van der Waals surface area contributed by atoms with Gasteiger partial charge >= 0.3 is 5.97 Å². The largest absolute Gasteiger partial charge is 0.423 e. The molecule has 4 aromatic rings. The monoisotopic (exact) mass is 617 g/mol. The molecule has 1 aliphatic rings. The number of piperazine rings is 1. The van der Waals surface area contributed by atoms with E-state index in [-0.39, 0.29) is 24.0 Å². The Hall–Kier alpha value is -4.59. The van der Waals surface area contributed by atoms with Crippen molar-refractivity contribution in [1.29, 1.82) is 0 Å². The number of amides is 1. The lowest BCUT2D eigenvalue weighted by atomic mass is 9.92. The van der Waals surface area contributed by atoms with Gasteiger partial charge in [-0.05, 0) is 80.8 Å². The molecule has 46 heavy (non-hydrogen) atoms. The molecule has 0 spiro atoms. The minimum Gasteiger partial charge on any atom is -0.423 e. The van der Waals surface area contributed by atoms with E-state index < -0.39 is 5.97 Å². The fourth-order valence-electron chi connectivity index (χ4n) is 6.35. The lowest BCUT2D eigenvalue weighted by Gasteiger charge is -2.47. The fourth-order valence-corrected chi connectivity index (χ4v) is 6.35. The van der Waals surface area contributed by atoms with Gasteiger partial charge in [-0.3, -0.25) is 19.4 Å². The van der Waals surface area contributed by atoms with Crippen LogP contribution in [-0.4, -0.2) is 71.1 Å². The van der Waals surface area contributed by atoms with Crippen LogP contribution in [0, 0.1) is 0 Å². The van der Waals surface area contributed by atoms with E-state index in [0.29, 0.717) is 36.3 Å². The van der Waals surface area contributed by atoms with Crippen LogP contribution in [0.1, 0.15) is 81.5 Å². The summed E-state index contributed by atoms with van der Waals surface area (Å²) in [6.07, 6.45) is 0.711. The minimum absolute atomic E-state index is 0.0199. The van der Waals surface area contributed by atoms with Gasteiger partial charge in [0.15, 0.2) is 0 Å². The minimum atomic E-state index is -0.494. The molecular weight excluding hydrogens is 574 g/mol. The third-order valence-corrected chi connectivity index (χ3v) is 8.89. The third kappa shape index (κ3) is 7.61. The summed E-state index contributed by atoms with van der Waals surface area (Å²) >= 11 is 0. The van der Waals surface area contributed by atoms with Gasteiger partial charge in [0.1, 0.15) is 12.0 Å². The van der Waals surface area contributed by atoms with E-state index in [0.717, 1.165) is 36.3 Å². The number of hydrogen-bond acceptors (Lipinski definition) is 6. The highest BCUT2D eigenvalue weighted by atomic mass is 16.5. The zero-order chi connectivity index (χ0) is 32.6. The van der Waals surface area contributed by atoms with Crippen LogP contribution in [0.2, 0.25) is 0 Å². The molecule has 0 saturated carbocycles. The maximum Gasteiger partial charge on any atom is 0.343 e. The first-order chi connectivity index (χ1) is 22.3. The molecule has 4 aromatic carbocycles. The zero-order valence-corrected chi connectivity index (χ0v) is 27.1. The average molecular weight is 618 g/mol. The van der Waals surface area contributed by atoms with Crippen molar-refractivity contribution in [3.8, 4) is 5.75 Å². The molecule has 0 unspecified atom stereocenters. The number of hydrogen-bond donors (Lipinski definition) is 0. The molecule has 7 nitrogen and oxygen atoms in total. The Labute approximate surface area is 272 Å². The van der Waals surface area contributed by atoms with Crippen molar-refractivity contribution < 1.29 is 19.1 Å². The zero-order valence-electron chi connectivity index (χ0n) is 27.1. The van der Waals surface area contributed by atoms with Crippen molar-refractivity contribution in [3.05, 3.63) is 137 Å². The Kier molecular flexibility index (Phi) is 10.8. The van der Waals surface area contributed by atoms with E-state index in [4.69, 9.17) is 4.74 Å². The predicted octanol–water partition coefficient (Wildman–Crippen LogP) is 6.88. The van der Waals surface area contributed by atoms with E-state index in [1.807, 2.05) is 61.2 Å². The second-order valence-corrected chi connectivity index (χ2v) is 12.0. The maximum atomic E-state index is 13.3. The Morgan fingerprint density at radius 3 is 2.17 bits per heavy atom. The summed E-state index contributed by atoms with van der Waals surface area (Å²) in [5, 5.41) is 0. The highest BCUT2D eigenvalue weighted by molar-refractivity contribution is 5.94. The van der Waals surface area contributed by atoms with E-state index >= 15 is 0 Å². The van der Waals surface area contributed by atoms with Crippen LogP contribution >= 0.6 is 0 Å². The number of benzene rings is 4. The van der Waals surface area contributed by atoms with Crippen molar-refractivity contribution in [2.45, 2.75) is 52.4 Å². The van der Waals surface area contributed by atoms with Gasteiger partial charge in [-0.2, -0.15) is 0 Å². The summed E-state index contributed by atoms with van der Waals surface area (Å²) in [6.45, 7) is 12.5. The smallest absolute Gasteiger partial charge is 0.343 e. The normalized spacial score (nSPS) is 17.7. The molecule has 0 N–H and O–H groups in total. The summed E-state index contributed by atoms with van der Waals surface area (Å²) in [7, 11) is 0. The Morgan fingerprint density at radius 1 is 0.804 bits per heavy atom. The van der Waals surface area contributed by atoms with Crippen LogP contribution in [0.5, 0.6) is 5.75 Å². The van der Waals surface area contributed by atoms with Crippen molar-refractivity contribution in [2.24, 2.45) is 0 Å². The molecule has 1 heterocycles. The van der Waals surface area contributed by atoms with Gasteiger partial charge in [0.05, 0.1) is 11.6 Å². The van der Waals surface area contributed by atoms with Gasteiger partial charge in [0.25, 0.3) is 5.91 Å². The van der Waals surface area contributed by atoms with Crippen molar-refractivity contribution >= 4 is 18.2 Å². The number of aldehydes is 1. The van der Waals surface area contributed by atoms with Crippen molar-refractivity contribution in [2.75, 3.05) is 26.2 Å². The molecular formula is C39H43N3O4. The summed E-state index contributed by atoms with van der Waals surface area (Å²) in [5.41, 5.74) is 4.97. The first kappa shape index (κ1) is 32.8.